The van der Waals surface area contributed by atoms with Crippen molar-refractivity contribution in [2.45, 2.75) is 32.6 Å². The third-order valence-corrected chi connectivity index (χ3v) is 2.72. The molecule has 112 valence electrons. The van der Waals surface area contributed by atoms with E-state index in [-0.39, 0.29) is 17.8 Å². The van der Waals surface area contributed by atoms with Gasteiger partial charge in [-0.25, -0.2) is 9.28 Å². The van der Waals surface area contributed by atoms with Crippen molar-refractivity contribution >= 4 is 5.97 Å². The SMILES string of the molecule is CCC/C=C/CCCOC[N+](CO)(CO)CC(=O)O. The Morgan fingerprint density at radius 3 is 2.37 bits per heavy atom. The van der Waals surface area contributed by atoms with E-state index in [1.165, 1.54) is 0 Å². The van der Waals surface area contributed by atoms with Crippen LogP contribution < -0.4 is 0 Å². The van der Waals surface area contributed by atoms with Gasteiger partial charge < -0.3 is 20.1 Å². The molecule has 0 aromatic carbocycles. The molecule has 0 amide bonds. The topological polar surface area (TPSA) is 87.0 Å². The summed E-state index contributed by atoms with van der Waals surface area (Å²) < 4.78 is 4.96. The number of hydrogen-bond donors (Lipinski definition) is 3. The number of unbranched alkanes of at least 4 members (excludes halogenated alkanes) is 2. The van der Waals surface area contributed by atoms with Crippen LogP contribution in [0.2, 0.25) is 0 Å². The van der Waals surface area contributed by atoms with Crippen LogP contribution in [0.5, 0.6) is 0 Å². The highest BCUT2D eigenvalue weighted by Gasteiger charge is 2.29. The molecule has 0 bridgehead atoms. The van der Waals surface area contributed by atoms with Gasteiger partial charge in [-0.3, -0.25) is 0 Å². The van der Waals surface area contributed by atoms with E-state index in [0.29, 0.717) is 6.61 Å². The third-order valence-electron chi connectivity index (χ3n) is 2.72. The predicted molar refractivity (Wildman–Crippen MR) is 71.0 cm³/mol. The zero-order valence-corrected chi connectivity index (χ0v) is 11.6. The van der Waals surface area contributed by atoms with Crippen LogP contribution in [-0.4, -0.2) is 59.1 Å². The molecular weight excluding hydrogens is 250 g/mol. The Hall–Kier alpha value is -0.950. The number of nitrogens with zero attached hydrogens (tertiary/aromatic N) is 1. The van der Waals surface area contributed by atoms with Gasteiger partial charge >= 0.3 is 5.97 Å². The van der Waals surface area contributed by atoms with Crippen molar-refractivity contribution in [3.05, 3.63) is 12.2 Å². The highest BCUT2D eigenvalue weighted by Crippen LogP contribution is 2.05. The normalized spacial score (nSPS) is 12.2. The summed E-state index contributed by atoms with van der Waals surface area (Å²) in [6.45, 7) is 1.33. The van der Waals surface area contributed by atoms with E-state index >= 15 is 0 Å². The lowest BCUT2D eigenvalue weighted by molar-refractivity contribution is -0.971. The first-order valence-corrected chi connectivity index (χ1v) is 6.61. The van der Waals surface area contributed by atoms with E-state index in [0.717, 1.165) is 25.7 Å². The largest absolute Gasteiger partial charge is 0.477 e. The summed E-state index contributed by atoms with van der Waals surface area (Å²) in [5, 5.41) is 27.1. The van der Waals surface area contributed by atoms with Crippen molar-refractivity contribution in [3.63, 3.8) is 0 Å². The molecule has 0 saturated carbocycles. The quantitative estimate of drug-likeness (QED) is 0.213. The lowest BCUT2D eigenvalue weighted by atomic mass is 10.2. The van der Waals surface area contributed by atoms with Gasteiger partial charge in [0.2, 0.25) is 0 Å². The van der Waals surface area contributed by atoms with Gasteiger partial charge in [0.25, 0.3) is 0 Å². The number of hydrogen-bond acceptors (Lipinski definition) is 4. The minimum atomic E-state index is -1.07. The van der Waals surface area contributed by atoms with Crippen LogP contribution in [0.15, 0.2) is 12.2 Å². The van der Waals surface area contributed by atoms with Gasteiger partial charge in [0.1, 0.15) is 0 Å². The number of aliphatic hydroxyl groups is 2. The van der Waals surface area contributed by atoms with Gasteiger partial charge in [-0.05, 0) is 19.3 Å². The lowest BCUT2D eigenvalue weighted by Gasteiger charge is -2.31. The molecule has 6 nitrogen and oxygen atoms in total. The van der Waals surface area contributed by atoms with Crippen LogP contribution in [0.25, 0.3) is 0 Å². The van der Waals surface area contributed by atoms with Crippen LogP contribution in [0.4, 0.5) is 0 Å². The molecule has 0 saturated heterocycles. The average Bonchev–Trinajstić information content (AvgIpc) is 2.40. The fourth-order valence-corrected chi connectivity index (χ4v) is 1.52. The number of carbonyl (C=O) groups is 1. The van der Waals surface area contributed by atoms with Crippen LogP contribution in [0, 0.1) is 0 Å². The zero-order chi connectivity index (χ0) is 14.6. The van der Waals surface area contributed by atoms with Crippen LogP contribution >= 0.6 is 0 Å². The Bertz CT molecular complexity index is 264. The second-order valence-electron chi connectivity index (χ2n) is 4.62. The maximum Gasteiger partial charge on any atom is 0.359 e. The number of carboxylic acid groups (broad SMARTS) is 1. The van der Waals surface area contributed by atoms with Crippen molar-refractivity contribution in [3.8, 4) is 0 Å². The van der Waals surface area contributed by atoms with E-state index in [1.54, 1.807) is 0 Å². The number of quaternary nitrogens is 1. The van der Waals surface area contributed by atoms with Crippen molar-refractivity contribution in [2.24, 2.45) is 0 Å². The molecule has 0 aliphatic heterocycles. The first-order valence-electron chi connectivity index (χ1n) is 6.61. The van der Waals surface area contributed by atoms with Crippen molar-refractivity contribution < 1.29 is 29.3 Å². The molecule has 0 rings (SSSR count). The molecule has 19 heavy (non-hydrogen) atoms. The maximum absolute atomic E-state index is 10.7. The molecule has 0 aromatic heterocycles. The first-order chi connectivity index (χ1) is 9.10. The van der Waals surface area contributed by atoms with Crippen LogP contribution in [0.1, 0.15) is 32.6 Å². The second-order valence-corrected chi connectivity index (χ2v) is 4.62. The summed E-state index contributed by atoms with van der Waals surface area (Å²) in [5.74, 6) is -1.07. The Morgan fingerprint density at radius 1 is 1.21 bits per heavy atom. The number of aliphatic hydroxyl groups excluding tert-OH is 2. The fourth-order valence-electron chi connectivity index (χ4n) is 1.52. The highest BCUT2D eigenvalue weighted by atomic mass is 16.5. The molecule has 0 aromatic rings. The summed E-state index contributed by atoms with van der Waals surface area (Å²) in [6, 6.07) is 0. The number of carboxylic acids is 1. The average molecular weight is 276 g/mol. The van der Waals surface area contributed by atoms with Gasteiger partial charge in [0.05, 0.1) is 6.61 Å². The number of ether oxygens (including phenoxy) is 1. The fraction of sp³-hybridized carbons (Fsp3) is 0.769. The number of allylic oxidation sites excluding steroid dienone is 2. The minimum absolute atomic E-state index is 0.00201. The molecule has 0 unspecified atom stereocenters. The van der Waals surface area contributed by atoms with Crippen molar-refractivity contribution in [2.75, 3.05) is 33.3 Å². The molecule has 0 spiro atoms. The van der Waals surface area contributed by atoms with E-state index in [9.17, 15) is 15.0 Å². The number of aliphatic carboxylic acids is 1. The minimum Gasteiger partial charge on any atom is -0.477 e. The molecule has 3 N–H and O–H groups in total. The second kappa shape index (κ2) is 10.9. The van der Waals surface area contributed by atoms with Crippen LogP contribution in [0.3, 0.4) is 0 Å². The Balaban J connectivity index is 3.84. The third kappa shape index (κ3) is 8.72. The van der Waals surface area contributed by atoms with Gasteiger partial charge in [-0.2, -0.15) is 0 Å². The standard InChI is InChI=1S/C13H25NO5/c1-2-3-4-5-6-7-8-19-12-14(10-15,11-16)9-13(17)18/h4-5,15-16H,2-3,6-12H2,1H3/p+1/b5-4+. The summed E-state index contributed by atoms with van der Waals surface area (Å²) in [6.07, 6.45) is 8.20. The Morgan fingerprint density at radius 2 is 1.84 bits per heavy atom. The van der Waals surface area contributed by atoms with E-state index in [2.05, 4.69) is 19.1 Å². The van der Waals surface area contributed by atoms with Crippen molar-refractivity contribution in [1.82, 2.24) is 0 Å². The molecule has 0 fully saturated rings. The van der Waals surface area contributed by atoms with Gasteiger partial charge in [-0.1, -0.05) is 25.5 Å². The summed E-state index contributed by atoms with van der Waals surface area (Å²) in [5.41, 5.74) is 0. The Kier molecular flexibility index (Phi) is 10.4. The van der Waals surface area contributed by atoms with E-state index in [4.69, 9.17) is 9.84 Å². The molecule has 6 heteroatoms. The monoisotopic (exact) mass is 276 g/mol. The first kappa shape index (κ1) is 18.0. The molecule has 0 radical (unpaired) electrons. The lowest BCUT2D eigenvalue weighted by Crippen LogP contribution is -2.53. The van der Waals surface area contributed by atoms with E-state index < -0.39 is 19.4 Å². The van der Waals surface area contributed by atoms with Gasteiger partial charge in [-0.15, -0.1) is 0 Å². The summed E-state index contributed by atoms with van der Waals surface area (Å²) >= 11 is 0. The predicted octanol–water partition coefficient (Wildman–Crippen LogP) is 0.898. The number of rotatable bonds is 12. The summed E-state index contributed by atoms with van der Waals surface area (Å²) in [4.78, 5) is 10.7. The highest BCUT2D eigenvalue weighted by molar-refractivity contribution is 5.67. The van der Waals surface area contributed by atoms with E-state index in [1.807, 2.05) is 0 Å². The van der Waals surface area contributed by atoms with Crippen molar-refractivity contribution in [1.29, 1.82) is 0 Å². The molecular formula is C13H26NO5+. The molecule has 0 aliphatic carbocycles. The van der Waals surface area contributed by atoms with Gasteiger partial charge in [0.15, 0.2) is 26.7 Å². The Labute approximate surface area is 114 Å². The van der Waals surface area contributed by atoms with Crippen LogP contribution in [-0.2, 0) is 9.53 Å². The molecule has 0 atom stereocenters. The smallest absolute Gasteiger partial charge is 0.359 e. The molecule has 0 heterocycles. The molecule has 0 aliphatic rings. The zero-order valence-electron chi connectivity index (χ0n) is 11.6. The van der Waals surface area contributed by atoms with Gasteiger partial charge in [0, 0.05) is 0 Å². The maximum atomic E-state index is 10.7. The summed E-state index contributed by atoms with van der Waals surface area (Å²) in [7, 11) is 0.